The van der Waals surface area contributed by atoms with Crippen LogP contribution in [0.4, 0.5) is 0 Å². The number of nitrogens with zero attached hydrogens (tertiary/aromatic N) is 1. The maximum absolute atomic E-state index is 5.76. The molecule has 0 radical (unpaired) electrons. The molecule has 0 amide bonds. The first-order valence-corrected chi connectivity index (χ1v) is 14.3. The van der Waals surface area contributed by atoms with Gasteiger partial charge in [-0.1, -0.05) is 0 Å². The molecule has 2 bridgehead atoms. The van der Waals surface area contributed by atoms with Crippen molar-refractivity contribution in [3.63, 3.8) is 0 Å². The van der Waals surface area contributed by atoms with Crippen molar-refractivity contribution < 1.29 is 9.47 Å². The Bertz CT molecular complexity index is 255. The third-order valence-electron chi connectivity index (χ3n) is 5.35. The summed E-state index contributed by atoms with van der Waals surface area (Å²) in [7, 11) is 0. The zero-order valence-electron chi connectivity index (χ0n) is 12.2. The maximum atomic E-state index is 5.76. The molecule has 0 N–H and O–H groups in total. The SMILES string of the molecule is C1COC(C[CH2][Ge]23[CH2]CCN(CC[CH2]2)CC[CH2]3)OC1. The van der Waals surface area contributed by atoms with E-state index in [2.05, 4.69) is 4.90 Å². The molecule has 4 aliphatic rings. The van der Waals surface area contributed by atoms with Crippen LogP contribution in [0.5, 0.6) is 0 Å². The van der Waals surface area contributed by atoms with Gasteiger partial charge in [0.05, 0.1) is 0 Å². The molecular formula is C15H29GeNO2. The van der Waals surface area contributed by atoms with Gasteiger partial charge in [0.2, 0.25) is 0 Å². The Kier molecular flexibility index (Phi) is 5.23. The summed E-state index contributed by atoms with van der Waals surface area (Å²) in [5, 5.41) is 6.35. The van der Waals surface area contributed by atoms with Crippen molar-refractivity contribution in [1.29, 1.82) is 0 Å². The van der Waals surface area contributed by atoms with Crippen LogP contribution in [0.2, 0.25) is 21.0 Å². The van der Waals surface area contributed by atoms with Crippen LogP contribution in [0.3, 0.4) is 0 Å². The second kappa shape index (κ2) is 6.92. The van der Waals surface area contributed by atoms with Crippen molar-refractivity contribution in [2.24, 2.45) is 0 Å². The summed E-state index contributed by atoms with van der Waals surface area (Å²) in [6.45, 7) is 5.97. The molecule has 4 aliphatic heterocycles. The molecule has 4 saturated heterocycles. The summed E-state index contributed by atoms with van der Waals surface area (Å²) in [4.78, 5) is 2.71. The molecule has 0 saturated carbocycles. The van der Waals surface area contributed by atoms with Gasteiger partial charge in [0.1, 0.15) is 0 Å². The van der Waals surface area contributed by atoms with E-state index in [4.69, 9.17) is 9.47 Å². The Morgan fingerprint density at radius 2 is 1.42 bits per heavy atom. The molecule has 4 fully saturated rings. The average Bonchev–Trinajstić information content (AvgIpc) is 2.37. The molecule has 0 aromatic carbocycles. The Labute approximate surface area is 120 Å². The zero-order chi connectivity index (χ0) is 13.0. The molecular weight excluding hydrogens is 299 g/mol. The molecule has 4 heteroatoms. The monoisotopic (exact) mass is 329 g/mol. The van der Waals surface area contributed by atoms with Gasteiger partial charge in [-0.15, -0.1) is 0 Å². The molecule has 19 heavy (non-hydrogen) atoms. The van der Waals surface area contributed by atoms with Gasteiger partial charge in [-0.05, 0) is 0 Å². The van der Waals surface area contributed by atoms with Crippen molar-refractivity contribution in [2.75, 3.05) is 32.8 Å². The van der Waals surface area contributed by atoms with Crippen LogP contribution in [0.15, 0.2) is 0 Å². The topological polar surface area (TPSA) is 21.7 Å². The van der Waals surface area contributed by atoms with Gasteiger partial charge in [0.15, 0.2) is 0 Å². The molecule has 0 spiro atoms. The molecule has 3 nitrogen and oxygen atoms in total. The van der Waals surface area contributed by atoms with Crippen LogP contribution in [0, 0.1) is 0 Å². The minimum absolute atomic E-state index is 0.140. The van der Waals surface area contributed by atoms with Crippen LogP contribution in [-0.2, 0) is 9.47 Å². The Morgan fingerprint density at radius 1 is 0.842 bits per heavy atom. The zero-order valence-corrected chi connectivity index (χ0v) is 14.3. The number of rotatable bonds is 3. The van der Waals surface area contributed by atoms with E-state index in [1.807, 2.05) is 0 Å². The standard InChI is InChI=1S/C15H29GeNO2/c1-6-16(9-5-15-18-13-4-14-19-15)7-2-11-17(10-1)12-3-8-16/h15H,1-14H2. The van der Waals surface area contributed by atoms with Crippen molar-refractivity contribution in [2.45, 2.75) is 59.4 Å². The van der Waals surface area contributed by atoms with Crippen molar-refractivity contribution >= 4 is 13.3 Å². The van der Waals surface area contributed by atoms with Gasteiger partial charge in [-0.25, -0.2) is 0 Å². The Hall–Kier alpha value is 0.423. The Balaban J connectivity index is 1.55. The fraction of sp³-hybridized carbons (Fsp3) is 1.00. The molecule has 0 aromatic heterocycles. The predicted octanol–water partition coefficient (Wildman–Crippen LogP) is 3.09. The fourth-order valence-electron chi connectivity index (χ4n) is 4.25. The molecule has 0 unspecified atom stereocenters. The summed E-state index contributed by atoms with van der Waals surface area (Å²) in [6, 6.07) is 0. The summed E-state index contributed by atoms with van der Waals surface area (Å²) < 4.78 is 11.5. The van der Waals surface area contributed by atoms with E-state index < -0.39 is 13.3 Å². The molecule has 0 aliphatic carbocycles. The third-order valence-corrected chi connectivity index (χ3v) is 17.1. The van der Waals surface area contributed by atoms with Gasteiger partial charge in [-0.3, -0.25) is 0 Å². The van der Waals surface area contributed by atoms with E-state index >= 15 is 0 Å². The first kappa shape index (κ1) is 14.4. The van der Waals surface area contributed by atoms with Gasteiger partial charge in [0.25, 0.3) is 0 Å². The number of hydrogen-bond acceptors (Lipinski definition) is 3. The van der Waals surface area contributed by atoms with Gasteiger partial charge in [0, 0.05) is 0 Å². The third kappa shape index (κ3) is 3.96. The van der Waals surface area contributed by atoms with Crippen LogP contribution in [-0.4, -0.2) is 57.3 Å². The van der Waals surface area contributed by atoms with E-state index in [1.165, 1.54) is 50.6 Å². The molecule has 4 rings (SSSR count). The number of hydrogen-bond donors (Lipinski definition) is 0. The summed E-state index contributed by atoms with van der Waals surface area (Å²) in [5.74, 6) is 0. The van der Waals surface area contributed by atoms with Crippen LogP contribution >= 0.6 is 0 Å². The molecule has 0 atom stereocenters. The summed E-state index contributed by atoms with van der Waals surface area (Å²) in [5.41, 5.74) is 0. The van der Waals surface area contributed by atoms with E-state index in [0.29, 0.717) is 0 Å². The quantitative estimate of drug-likeness (QED) is 0.743. The average molecular weight is 328 g/mol. The van der Waals surface area contributed by atoms with Crippen LogP contribution < -0.4 is 0 Å². The van der Waals surface area contributed by atoms with Gasteiger partial charge >= 0.3 is 120 Å². The van der Waals surface area contributed by atoms with Crippen LogP contribution in [0.25, 0.3) is 0 Å². The second-order valence-electron chi connectivity index (χ2n) is 6.72. The molecule has 110 valence electrons. The Morgan fingerprint density at radius 3 is 2.00 bits per heavy atom. The molecule has 0 aromatic rings. The molecule has 4 heterocycles. The van der Waals surface area contributed by atoms with Crippen molar-refractivity contribution in [3.8, 4) is 0 Å². The minimum atomic E-state index is -1.56. The van der Waals surface area contributed by atoms with Gasteiger partial charge in [-0.2, -0.15) is 0 Å². The van der Waals surface area contributed by atoms with E-state index in [1.54, 1.807) is 15.8 Å². The number of ether oxygens (including phenoxy) is 2. The second-order valence-corrected chi connectivity index (χ2v) is 17.2. The van der Waals surface area contributed by atoms with Crippen LogP contribution in [0.1, 0.15) is 32.1 Å². The van der Waals surface area contributed by atoms with Gasteiger partial charge < -0.3 is 0 Å². The van der Waals surface area contributed by atoms with E-state index in [9.17, 15) is 0 Å². The first-order valence-electron chi connectivity index (χ1n) is 8.32. The van der Waals surface area contributed by atoms with Crippen molar-refractivity contribution in [1.82, 2.24) is 4.90 Å². The normalized spacial score (nSPS) is 37.6. The summed E-state index contributed by atoms with van der Waals surface area (Å²) in [6.07, 6.45) is 6.86. The van der Waals surface area contributed by atoms with E-state index in [0.717, 1.165) is 19.6 Å². The number of fused-ring (bicyclic) bond motifs is 6. The van der Waals surface area contributed by atoms with E-state index in [-0.39, 0.29) is 6.29 Å². The first-order chi connectivity index (χ1) is 9.36. The predicted molar refractivity (Wildman–Crippen MR) is 80.2 cm³/mol. The van der Waals surface area contributed by atoms with Crippen molar-refractivity contribution in [3.05, 3.63) is 0 Å². The fourth-order valence-corrected chi connectivity index (χ4v) is 14.9. The summed E-state index contributed by atoms with van der Waals surface area (Å²) >= 11 is -1.56.